The van der Waals surface area contributed by atoms with Crippen molar-refractivity contribution >= 4 is 18.6 Å². The molecule has 12 heavy (non-hydrogen) atoms. The molecule has 3 N–H and O–H groups in total. The van der Waals surface area contributed by atoms with Gasteiger partial charge in [-0.15, -0.1) is 0 Å². The lowest BCUT2D eigenvalue weighted by atomic mass is 9.84. The Hall–Kier alpha value is -0.220. The predicted molar refractivity (Wildman–Crippen MR) is 50.3 cm³/mol. The number of carboxylic acids is 1. The van der Waals surface area contributed by atoms with Gasteiger partial charge in [-0.05, 0) is 18.8 Å². The second kappa shape index (κ2) is 4.14. The van der Waals surface area contributed by atoms with Crippen molar-refractivity contribution in [2.75, 3.05) is 0 Å². The molecule has 0 aliphatic heterocycles. The molecular formula is C8H15NO2S. The van der Waals surface area contributed by atoms with Gasteiger partial charge in [-0.2, -0.15) is 12.6 Å². The first-order chi connectivity index (χ1) is 5.63. The van der Waals surface area contributed by atoms with Crippen molar-refractivity contribution in [2.24, 2.45) is 11.7 Å². The highest BCUT2D eigenvalue weighted by Gasteiger charge is 2.31. The summed E-state index contributed by atoms with van der Waals surface area (Å²) in [4.78, 5) is 10.6. The molecule has 0 amide bonds. The summed E-state index contributed by atoms with van der Waals surface area (Å²) in [5, 5.41) is 8.86. The number of hydrogen-bond acceptors (Lipinski definition) is 3. The molecule has 4 heteroatoms. The van der Waals surface area contributed by atoms with E-state index in [1.165, 1.54) is 0 Å². The highest BCUT2D eigenvalue weighted by atomic mass is 32.1. The molecule has 0 spiro atoms. The molecule has 3 nitrogen and oxygen atoms in total. The topological polar surface area (TPSA) is 63.3 Å². The van der Waals surface area contributed by atoms with Gasteiger partial charge in [0.2, 0.25) is 0 Å². The quantitative estimate of drug-likeness (QED) is 0.565. The van der Waals surface area contributed by atoms with Crippen molar-refractivity contribution in [1.82, 2.24) is 0 Å². The lowest BCUT2D eigenvalue weighted by Crippen LogP contribution is -2.43. The zero-order chi connectivity index (χ0) is 9.14. The van der Waals surface area contributed by atoms with Crippen molar-refractivity contribution in [1.29, 1.82) is 0 Å². The average molecular weight is 189 g/mol. The summed E-state index contributed by atoms with van der Waals surface area (Å²) in [5.74, 6) is -0.847. The van der Waals surface area contributed by atoms with Gasteiger partial charge in [0.25, 0.3) is 0 Å². The van der Waals surface area contributed by atoms with Crippen LogP contribution >= 0.6 is 12.6 Å². The van der Waals surface area contributed by atoms with E-state index in [1.807, 2.05) is 0 Å². The lowest BCUT2D eigenvalue weighted by molar-refractivity contribution is -0.140. The van der Waals surface area contributed by atoms with Crippen molar-refractivity contribution in [3.05, 3.63) is 0 Å². The summed E-state index contributed by atoms with van der Waals surface area (Å²) in [6, 6.07) is -0.729. The third-order valence-corrected chi connectivity index (χ3v) is 3.17. The molecule has 1 rings (SSSR count). The summed E-state index contributed by atoms with van der Waals surface area (Å²) in [6.07, 6.45) is 4.14. The molecular weight excluding hydrogens is 174 g/mol. The Morgan fingerprint density at radius 3 is 2.58 bits per heavy atom. The first kappa shape index (κ1) is 9.86. The van der Waals surface area contributed by atoms with Gasteiger partial charge in [0.05, 0.1) is 0 Å². The first-order valence-corrected chi connectivity index (χ1v) is 4.81. The van der Waals surface area contributed by atoms with Crippen molar-refractivity contribution in [3.63, 3.8) is 0 Å². The van der Waals surface area contributed by atoms with E-state index < -0.39 is 12.0 Å². The van der Waals surface area contributed by atoms with Crippen molar-refractivity contribution in [2.45, 2.75) is 37.0 Å². The normalized spacial score (nSPS) is 32.8. The van der Waals surface area contributed by atoms with Crippen LogP contribution in [-0.4, -0.2) is 22.4 Å². The van der Waals surface area contributed by atoms with Crippen molar-refractivity contribution in [3.8, 4) is 0 Å². The minimum atomic E-state index is -0.902. The Bertz CT molecular complexity index is 174. The van der Waals surface area contributed by atoms with Crippen LogP contribution in [0, 0.1) is 5.92 Å². The molecule has 0 bridgehead atoms. The van der Waals surface area contributed by atoms with Crippen LogP contribution in [0.5, 0.6) is 0 Å². The molecule has 1 fully saturated rings. The zero-order valence-corrected chi connectivity index (χ0v) is 7.83. The second-order valence-corrected chi connectivity index (χ2v) is 4.04. The van der Waals surface area contributed by atoms with Crippen LogP contribution in [0.4, 0.5) is 0 Å². The van der Waals surface area contributed by atoms with Crippen LogP contribution < -0.4 is 5.73 Å². The third-order valence-electron chi connectivity index (χ3n) is 2.53. The van der Waals surface area contributed by atoms with Gasteiger partial charge in [-0.3, -0.25) is 4.79 Å². The summed E-state index contributed by atoms with van der Waals surface area (Å²) in [5.41, 5.74) is 5.53. The minimum Gasteiger partial charge on any atom is -0.480 e. The molecule has 70 valence electrons. The average Bonchev–Trinajstić information content (AvgIpc) is 2.04. The second-order valence-electron chi connectivity index (χ2n) is 3.38. The van der Waals surface area contributed by atoms with Crippen LogP contribution in [0.2, 0.25) is 0 Å². The fourth-order valence-electron chi connectivity index (χ4n) is 1.74. The van der Waals surface area contributed by atoms with Crippen LogP contribution in [0.15, 0.2) is 0 Å². The Kier molecular flexibility index (Phi) is 3.40. The summed E-state index contributed by atoms with van der Waals surface area (Å²) in [7, 11) is 0. The molecule has 0 aromatic rings. The number of carbonyl (C=O) groups is 1. The van der Waals surface area contributed by atoms with E-state index in [0.717, 1.165) is 25.7 Å². The van der Waals surface area contributed by atoms with Crippen LogP contribution in [0.25, 0.3) is 0 Å². The number of rotatable bonds is 2. The molecule has 0 aromatic carbocycles. The van der Waals surface area contributed by atoms with Crippen molar-refractivity contribution < 1.29 is 9.90 Å². The molecule has 0 heterocycles. The summed E-state index contributed by atoms with van der Waals surface area (Å²) < 4.78 is 0. The summed E-state index contributed by atoms with van der Waals surface area (Å²) in [6.45, 7) is 0. The van der Waals surface area contributed by atoms with Gasteiger partial charge >= 0.3 is 5.97 Å². The van der Waals surface area contributed by atoms with Gasteiger partial charge in [0.1, 0.15) is 6.04 Å². The molecule has 3 unspecified atom stereocenters. The fourth-order valence-corrected chi connectivity index (χ4v) is 2.26. The highest BCUT2D eigenvalue weighted by molar-refractivity contribution is 7.81. The number of carboxylic acid groups (broad SMARTS) is 1. The van der Waals surface area contributed by atoms with Crippen LogP contribution in [0.1, 0.15) is 25.7 Å². The number of nitrogens with two attached hydrogens (primary N) is 1. The largest absolute Gasteiger partial charge is 0.480 e. The molecule has 3 atom stereocenters. The van der Waals surface area contributed by atoms with Crippen LogP contribution in [-0.2, 0) is 4.79 Å². The Balaban J connectivity index is 2.53. The van der Waals surface area contributed by atoms with E-state index in [9.17, 15) is 4.79 Å². The standard InChI is InChI=1S/C8H15NO2S/c9-7(8(10)11)5-3-1-2-4-6(5)12/h5-7,12H,1-4,9H2,(H,10,11). The van der Waals surface area contributed by atoms with E-state index >= 15 is 0 Å². The van der Waals surface area contributed by atoms with Crippen LogP contribution in [0.3, 0.4) is 0 Å². The van der Waals surface area contributed by atoms with Gasteiger partial charge in [-0.25, -0.2) is 0 Å². The van der Waals surface area contributed by atoms with E-state index in [4.69, 9.17) is 10.8 Å². The fraction of sp³-hybridized carbons (Fsp3) is 0.875. The minimum absolute atomic E-state index is 0.0552. The molecule has 0 radical (unpaired) electrons. The number of hydrogen-bond donors (Lipinski definition) is 3. The van der Waals surface area contributed by atoms with E-state index in [1.54, 1.807) is 0 Å². The maximum atomic E-state index is 10.6. The smallest absolute Gasteiger partial charge is 0.320 e. The number of thiol groups is 1. The third kappa shape index (κ3) is 2.14. The maximum absolute atomic E-state index is 10.6. The Labute approximate surface area is 77.7 Å². The predicted octanol–water partition coefficient (Wildman–Crippen LogP) is 0.887. The summed E-state index contributed by atoms with van der Waals surface area (Å²) >= 11 is 4.35. The Morgan fingerprint density at radius 2 is 2.08 bits per heavy atom. The van der Waals surface area contributed by atoms with E-state index in [2.05, 4.69) is 12.6 Å². The molecule has 1 aliphatic rings. The van der Waals surface area contributed by atoms with Gasteiger partial charge in [0, 0.05) is 5.25 Å². The highest BCUT2D eigenvalue weighted by Crippen LogP contribution is 2.30. The van der Waals surface area contributed by atoms with E-state index in [-0.39, 0.29) is 11.2 Å². The van der Waals surface area contributed by atoms with Gasteiger partial charge in [0.15, 0.2) is 0 Å². The molecule has 1 aliphatic carbocycles. The van der Waals surface area contributed by atoms with Gasteiger partial charge < -0.3 is 10.8 Å². The van der Waals surface area contributed by atoms with E-state index in [0.29, 0.717) is 0 Å². The SMILES string of the molecule is NC(C(=O)O)C1CCCCC1S. The lowest BCUT2D eigenvalue weighted by Gasteiger charge is -2.30. The first-order valence-electron chi connectivity index (χ1n) is 4.29. The molecule has 1 saturated carbocycles. The maximum Gasteiger partial charge on any atom is 0.320 e. The van der Waals surface area contributed by atoms with Gasteiger partial charge in [-0.1, -0.05) is 12.8 Å². The Morgan fingerprint density at radius 1 is 1.50 bits per heavy atom. The molecule has 0 aromatic heterocycles. The molecule has 0 saturated heterocycles. The monoisotopic (exact) mass is 189 g/mol. The number of aliphatic carboxylic acids is 1. The zero-order valence-electron chi connectivity index (χ0n) is 6.94.